The number of hydrogen-bond donors (Lipinski definition) is 1. The molecule has 0 aromatic carbocycles. The molecule has 0 aliphatic carbocycles. The zero-order chi connectivity index (χ0) is 22.0. The van der Waals surface area contributed by atoms with Gasteiger partial charge in [-0.15, -0.1) is 0 Å². The molecule has 0 aromatic rings. The SMILES string of the molecule is CCCCCCCCCCCCCCCCCCN(C)CCOCCNCCC#N. The van der Waals surface area contributed by atoms with Crippen LogP contribution in [0, 0.1) is 11.3 Å². The van der Waals surface area contributed by atoms with Gasteiger partial charge in [0.1, 0.15) is 0 Å². The average Bonchev–Trinajstić information content (AvgIpc) is 2.75. The summed E-state index contributed by atoms with van der Waals surface area (Å²) in [5.41, 5.74) is 0. The topological polar surface area (TPSA) is 48.3 Å². The lowest BCUT2D eigenvalue weighted by molar-refractivity contribution is 0.113. The van der Waals surface area contributed by atoms with Crippen molar-refractivity contribution in [1.29, 1.82) is 5.26 Å². The van der Waals surface area contributed by atoms with E-state index in [4.69, 9.17) is 10.00 Å². The molecule has 0 aliphatic rings. The van der Waals surface area contributed by atoms with Crippen molar-refractivity contribution in [1.82, 2.24) is 10.2 Å². The Morgan fingerprint density at radius 3 is 1.67 bits per heavy atom. The minimum absolute atomic E-state index is 0.571. The van der Waals surface area contributed by atoms with Crippen molar-refractivity contribution in [3.05, 3.63) is 0 Å². The van der Waals surface area contributed by atoms with Gasteiger partial charge in [-0.25, -0.2) is 0 Å². The first-order chi connectivity index (χ1) is 14.8. The lowest BCUT2D eigenvalue weighted by Crippen LogP contribution is -2.26. The molecule has 0 fully saturated rings. The van der Waals surface area contributed by atoms with Crippen LogP contribution in [0.25, 0.3) is 0 Å². The summed E-state index contributed by atoms with van der Waals surface area (Å²) in [6, 6.07) is 2.13. The largest absolute Gasteiger partial charge is 0.379 e. The van der Waals surface area contributed by atoms with Crippen molar-refractivity contribution >= 4 is 0 Å². The van der Waals surface area contributed by atoms with Crippen molar-refractivity contribution in [2.75, 3.05) is 46.4 Å². The molecule has 0 unspecified atom stereocenters. The van der Waals surface area contributed by atoms with Gasteiger partial charge in [-0.05, 0) is 20.0 Å². The molecule has 0 heterocycles. The second-order valence-electron chi connectivity index (χ2n) is 8.88. The van der Waals surface area contributed by atoms with Crippen LogP contribution < -0.4 is 5.32 Å². The van der Waals surface area contributed by atoms with Crippen molar-refractivity contribution in [2.45, 2.75) is 116 Å². The molecule has 178 valence electrons. The van der Waals surface area contributed by atoms with Crippen molar-refractivity contribution < 1.29 is 4.74 Å². The number of ether oxygens (including phenoxy) is 1. The van der Waals surface area contributed by atoms with Gasteiger partial charge in [0.15, 0.2) is 0 Å². The Labute approximate surface area is 189 Å². The van der Waals surface area contributed by atoms with Gasteiger partial charge in [0, 0.05) is 26.1 Å². The summed E-state index contributed by atoms with van der Waals surface area (Å²) in [6.07, 6.45) is 23.4. The predicted molar refractivity (Wildman–Crippen MR) is 131 cm³/mol. The Hall–Kier alpha value is -0.630. The maximum atomic E-state index is 8.45. The van der Waals surface area contributed by atoms with Gasteiger partial charge in [-0.2, -0.15) is 5.26 Å². The molecule has 0 spiro atoms. The molecule has 0 aliphatic heterocycles. The van der Waals surface area contributed by atoms with E-state index in [0.29, 0.717) is 6.42 Å². The summed E-state index contributed by atoms with van der Waals surface area (Å²) >= 11 is 0. The summed E-state index contributed by atoms with van der Waals surface area (Å²) < 4.78 is 5.63. The first kappa shape index (κ1) is 29.4. The molecule has 0 bridgehead atoms. The van der Waals surface area contributed by atoms with Gasteiger partial charge in [-0.3, -0.25) is 0 Å². The quantitative estimate of drug-likeness (QED) is 0.166. The minimum atomic E-state index is 0.571. The fourth-order valence-corrected chi connectivity index (χ4v) is 3.78. The van der Waals surface area contributed by atoms with Crippen LogP contribution in [0.15, 0.2) is 0 Å². The maximum Gasteiger partial charge on any atom is 0.0635 e. The molecule has 0 atom stereocenters. The molecular weight excluding hydrogens is 370 g/mol. The zero-order valence-electron chi connectivity index (χ0n) is 20.6. The van der Waals surface area contributed by atoms with E-state index in [1.165, 1.54) is 109 Å². The van der Waals surface area contributed by atoms with Crippen LogP contribution in [0.5, 0.6) is 0 Å². The van der Waals surface area contributed by atoms with Gasteiger partial charge in [0.05, 0.1) is 19.3 Å². The molecule has 0 aromatic heterocycles. The van der Waals surface area contributed by atoms with Gasteiger partial charge < -0.3 is 15.0 Å². The number of likely N-dealkylation sites (N-methyl/N-ethyl adjacent to an activating group) is 1. The highest BCUT2D eigenvalue weighted by Gasteiger charge is 1.99. The molecule has 0 rings (SSSR count). The van der Waals surface area contributed by atoms with Crippen LogP contribution >= 0.6 is 0 Å². The minimum Gasteiger partial charge on any atom is -0.379 e. The predicted octanol–water partition coefficient (Wildman–Crippen LogP) is 6.70. The third kappa shape index (κ3) is 25.4. The Morgan fingerprint density at radius 1 is 0.667 bits per heavy atom. The number of rotatable bonds is 25. The van der Waals surface area contributed by atoms with Crippen LogP contribution in [0.2, 0.25) is 0 Å². The van der Waals surface area contributed by atoms with E-state index in [9.17, 15) is 0 Å². The van der Waals surface area contributed by atoms with Crippen molar-refractivity contribution in [3.8, 4) is 6.07 Å². The Bertz CT molecular complexity index is 357. The molecule has 0 radical (unpaired) electrons. The van der Waals surface area contributed by atoms with Crippen molar-refractivity contribution in [2.24, 2.45) is 0 Å². The first-order valence-electron chi connectivity index (χ1n) is 13.1. The molecule has 0 saturated heterocycles. The second-order valence-corrected chi connectivity index (χ2v) is 8.88. The monoisotopic (exact) mass is 423 g/mol. The molecule has 1 N–H and O–H groups in total. The normalized spacial score (nSPS) is 11.3. The zero-order valence-corrected chi connectivity index (χ0v) is 20.6. The average molecular weight is 424 g/mol. The van der Waals surface area contributed by atoms with E-state index in [2.05, 4.69) is 30.3 Å². The summed E-state index contributed by atoms with van der Waals surface area (Å²) in [7, 11) is 2.19. The number of hydrogen-bond acceptors (Lipinski definition) is 4. The molecule has 4 heteroatoms. The fourth-order valence-electron chi connectivity index (χ4n) is 3.78. The molecular formula is C26H53N3O. The van der Waals surface area contributed by atoms with E-state index in [-0.39, 0.29) is 0 Å². The van der Waals surface area contributed by atoms with Crippen molar-refractivity contribution in [3.63, 3.8) is 0 Å². The van der Waals surface area contributed by atoms with Gasteiger partial charge >= 0.3 is 0 Å². The third-order valence-corrected chi connectivity index (χ3v) is 5.85. The fraction of sp³-hybridized carbons (Fsp3) is 0.962. The summed E-state index contributed by atoms with van der Waals surface area (Å²) in [6.45, 7) is 7.62. The van der Waals surface area contributed by atoms with E-state index in [1.54, 1.807) is 0 Å². The molecule has 4 nitrogen and oxygen atoms in total. The Balaban J connectivity index is 3.12. The highest BCUT2D eigenvalue weighted by atomic mass is 16.5. The van der Waals surface area contributed by atoms with Crippen LogP contribution in [-0.4, -0.2) is 51.3 Å². The van der Waals surface area contributed by atoms with Gasteiger partial charge in [0.25, 0.3) is 0 Å². The standard InChI is InChI=1S/C26H53N3O/c1-3-4-5-6-7-8-9-10-11-12-13-14-15-16-17-18-23-29(2)24-26-30-25-22-28-21-19-20-27/h28H,3-19,21-26H2,1-2H3. The summed E-state index contributed by atoms with van der Waals surface area (Å²) in [5, 5.41) is 11.7. The Morgan fingerprint density at radius 2 is 1.17 bits per heavy atom. The second kappa shape index (κ2) is 26.4. The third-order valence-electron chi connectivity index (χ3n) is 5.85. The number of nitriles is 1. The van der Waals surface area contributed by atoms with E-state index < -0.39 is 0 Å². The molecule has 0 saturated carbocycles. The van der Waals surface area contributed by atoms with Crippen LogP contribution in [-0.2, 0) is 4.74 Å². The number of nitrogens with one attached hydrogen (secondary N) is 1. The van der Waals surface area contributed by atoms with Crippen LogP contribution in [0.4, 0.5) is 0 Å². The first-order valence-corrected chi connectivity index (χ1v) is 13.1. The highest BCUT2D eigenvalue weighted by molar-refractivity contribution is 4.69. The Kier molecular flexibility index (Phi) is 25.9. The van der Waals surface area contributed by atoms with Gasteiger partial charge in [0.2, 0.25) is 0 Å². The molecule has 0 amide bonds. The van der Waals surface area contributed by atoms with E-state index in [0.717, 1.165) is 32.8 Å². The van der Waals surface area contributed by atoms with E-state index >= 15 is 0 Å². The van der Waals surface area contributed by atoms with Gasteiger partial charge in [-0.1, -0.05) is 103 Å². The number of unbranched alkanes of at least 4 members (excludes halogenated alkanes) is 15. The lowest BCUT2D eigenvalue weighted by Gasteiger charge is -2.16. The highest BCUT2D eigenvalue weighted by Crippen LogP contribution is 2.13. The lowest BCUT2D eigenvalue weighted by atomic mass is 10.0. The summed E-state index contributed by atoms with van der Waals surface area (Å²) in [4.78, 5) is 2.38. The maximum absolute atomic E-state index is 8.45. The smallest absolute Gasteiger partial charge is 0.0635 e. The molecule has 30 heavy (non-hydrogen) atoms. The van der Waals surface area contributed by atoms with E-state index in [1.807, 2.05) is 0 Å². The number of nitrogens with zero attached hydrogens (tertiary/aromatic N) is 2. The summed E-state index contributed by atoms with van der Waals surface area (Å²) in [5.74, 6) is 0. The van der Waals surface area contributed by atoms with Crippen LogP contribution in [0.1, 0.15) is 116 Å². The van der Waals surface area contributed by atoms with Crippen LogP contribution in [0.3, 0.4) is 0 Å².